The predicted octanol–water partition coefficient (Wildman–Crippen LogP) is 3.40. The fourth-order valence-electron chi connectivity index (χ4n) is 1.80. The topological polar surface area (TPSA) is 0 Å². The average Bonchev–Trinajstić information content (AvgIpc) is 2.52. The van der Waals surface area contributed by atoms with Gasteiger partial charge < -0.3 is 13.8 Å². The summed E-state index contributed by atoms with van der Waals surface area (Å²) < 4.78 is 13.3. The van der Waals surface area contributed by atoms with Gasteiger partial charge in [-0.25, -0.2) is 4.39 Å². The van der Waals surface area contributed by atoms with Crippen LogP contribution in [0.2, 0.25) is 5.02 Å². The second-order valence-electron chi connectivity index (χ2n) is 4.46. The Hall–Kier alpha value is -0.263. The van der Waals surface area contributed by atoms with Gasteiger partial charge >= 0.3 is 18.9 Å². The largest absolute Gasteiger partial charge is 1.00 e. The first-order valence-corrected chi connectivity index (χ1v) is 8.17. The van der Waals surface area contributed by atoms with Gasteiger partial charge in [-0.05, 0) is 17.7 Å². The molecular formula is C18H18BrClFLi-2. The van der Waals surface area contributed by atoms with E-state index >= 15 is 0 Å². The number of alkyl halides is 1. The van der Waals surface area contributed by atoms with Crippen LogP contribution < -0.4 is 18.9 Å². The van der Waals surface area contributed by atoms with Crippen LogP contribution in [-0.4, -0.2) is 0 Å². The first-order chi connectivity index (χ1) is 10.1. The van der Waals surface area contributed by atoms with Gasteiger partial charge in [0.05, 0.1) is 0 Å². The van der Waals surface area contributed by atoms with E-state index in [1.54, 1.807) is 12.1 Å². The molecule has 114 valence electrons. The third kappa shape index (κ3) is 7.33. The molecule has 0 amide bonds. The molecule has 2 aromatic carbocycles. The van der Waals surface area contributed by atoms with Crippen LogP contribution >= 0.6 is 27.5 Å². The molecule has 0 aliphatic carbocycles. The molecule has 0 heterocycles. The summed E-state index contributed by atoms with van der Waals surface area (Å²) in [6.45, 7) is 7.51. The molecule has 0 aliphatic rings. The Morgan fingerprint density at radius 3 is 2.27 bits per heavy atom. The quantitative estimate of drug-likeness (QED) is 0.436. The Morgan fingerprint density at radius 2 is 1.86 bits per heavy atom. The summed E-state index contributed by atoms with van der Waals surface area (Å²) in [6, 6.07) is 15.7. The molecule has 0 fully saturated rings. The van der Waals surface area contributed by atoms with E-state index in [0.717, 1.165) is 5.33 Å². The molecule has 0 unspecified atom stereocenters. The second-order valence-corrected chi connectivity index (χ2v) is 5.46. The van der Waals surface area contributed by atoms with Gasteiger partial charge in [0, 0.05) is 10.4 Å². The second kappa shape index (κ2) is 12.2. The van der Waals surface area contributed by atoms with Crippen LogP contribution in [0, 0.1) is 25.7 Å². The van der Waals surface area contributed by atoms with Crippen molar-refractivity contribution in [2.75, 3.05) is 0 Å². The normalized spacial score (nSPS) is 9.73. The third-order valence-electron chi connectivity index (χ3n) is 3.02. The van der Waals surface area contributed by atoms with Crippen LogP contribution in [0.25, 0.3) is 0 Å². The molecule has 0 saturated heterocycles. The minimum Gasteiger partial charge on any atom is -0.343 e. The standard InChI is InChI=1S/C11H12ClF.C7H6Br.Li/c1-3-8(4-2)10-6-5-9(12)7-11(10)13;8-6-7-4-2-1-3-5-7;/h5-8H,1-4H2;1-4H,6H2;/q-2;-1;+1. The van der Waals surface area contributed by atoms with E-state index in [4.69, 9.17) is 11.6 Å². The molecule has 22 heavy (non-hydrogen) atoms. The molecule has 2 rings (SSSR count). The Bertz CT molecular complexity index is 530. The van der Waals surface area contributed by atoms with E-state index in [2.05, 4.69) is 35.8 Å². The Balaban J connectivity index is 0.000000423. The number of rotatable bonds is 4. The summed E-state index contributed by atoms with van der Waals surface area (Å²) >= 11 is 8.96. The molecule has 0 atom stereocenters. The molecule has 0 N–H and O–H groups in total. The van der Waals surface area contributed by atoms with E-state index < -0.39 is 0 Å². The number of hydrogen-bond acceptors (Lipinski definition) is 0. The van der Waals surface area contributed by atoms with Crippen molar-refractivity contribution in [1.82, 2.24) is 0 Å². The maximum atomic E-state index is 13.3. The van der Waals surface area contributed by atoms with Gasteiger partial charge in [-0.1, -0.05) is 39.5 Å². The van der Waals surface area contributed by atoms with Crippen molar-refractivity contribution in [2.24, 2.45) is 0 Å². The third-order valence-corrected chi connectivity index (χ3v) is 3.86. The first kappa shape index (κ1) is 21.7. The number of hydrogen-bond donors (Lipinski definition) is 0. The molecular weight excluding hydrogens is 357 g/mol. The molecule has 0 spiro atoms. The summed E-state index contributed by atoms with van der Waals surface area (Å²) in [5, 5.41) is 1.32. The number of benzene rings is 2. The van der Waals surface area contributed by atoms with Crippen LogP contribution in [0.3, 0.4) is 0 Å². The van der Waals surface area contributed by atoms with Crippen LogP contribution in [-0.2, 0) is 5.33 Å². The molecule has 0 aliphatic heterocycles. The van der Waals surface area contributed by atoms with E-state index in [0.29, 0.717) is 23.4 Å². The van der Waals surface area contributed by atoms with Crippen molar-refractivity contribution >= 4 is 27.5 Å². The van der Waals surface area contributed by atoms with Gasteiger partial charge in [0.2, 0.25) is 0 Å². The van der Waals surface area contributed by atoms with E-state index in [-0.39, 0.29) is 30.6 Å². The molecule has 0 nitrogen and oxygen atoms in total. The summed E-state index contributed by atoms with van der Waals surface area (Å²) in [5.74, 6) is -0.165. The Labute approximate surface area is 158 Å². The Morgan fingerprint density at radius 1 is 1.18 bits per heavy atom. The summed E-state index contributed by atoms with van der Waals surface area (Å²) in [4.78, 5) is 0. The fraction of sp³-hybridized carbons (Fsp3) is 0.222. The van der Waals surface area contributed by atoms with Crippen LogP contribution in [0.5, 0.6) is 0 Å². The van der Waals surface area contributed by atoms with Crippen LogP contribution in [0.15, 0.2) is 42.5 Å². The van der Waals surface area contributed by atoms with Crippen molar-refractivity contribution in [1.29, 1.82) is 0 Å². The van der Waals surface area contributed by atoms with Crippen molar-refractivity contribution in [3.8, 4) is 0 Å². The zero-order valence-electron chi connectivity index (χ0n) is 12.8. The van der Waals surface area contributed by atoms with Crippen LogP contribution in [0.1, 0.15) is 29.9 Å². The SMILES string of the molecule is BrCc1[c-]cccc1.[CH2-]CC(C[CH2-])c1ccc(Cl)cc1F.[Li+]. The van der Waals surface area contributed by atoms with Gasteiger partial charge in [-0.3, -0.25) is 0 Å². The minimum absolute atomic E-state index is 0. The zero-order valence-corrected chi connectivity index (χ0v) is 15.1. The van der Waals surface area contributed by atoms with E-state index in [1.165, 1.54) is 11.6 Å². The monoisotopic (exact) mass is 374 g/mol. The fourth-order valence-corrected chi connectivity index (χ4v) is 2.31. The summed E-state index contributed by atoms with van der Waals surface area (Å²) in [7, 11) is 0. The first-order valence-electron chi connectivity index (χ1n) is 6.67. The predicted molar refractivity (Wildman–Crippen MR) is 92.0 cm³/mol. The number of halogens is 3. The summed E-state index contributed by atoms with van der Waals surface area (Å²) in [5.41, 5.74) is 1.86. The van der Waals surface area contributed by atoms with Gasteiger partial charge in [0.15, 0.2) is 0 Å². The van der Waals surface area contributed by atoms with Gasteiger partial charge in [-0.15, -0.1) is 0 Å². The van der Waals surface area contributed by atoms with Crippen molar-refractivity contribution in [3.63, 3.8) is 0 Å². The zero-order chi connectivity index (χ0) is 15.7. The molecule has 0 radical (unpaired) electrons. The minimum atomic E-state index is -0.259. The van der Waals surface area contributed by atoms with Crippen LogP contribution in [0.4, 0.5) is 4.39 Å². The average molecular weight is 376 g/mol. The maximum Gasteiger partial charge on any atom is 1.00 e. The van der Waals surface area contributed by atoms with Gasteiger partial charge in [0.25, 0.3) is 0 Å². The van der Waals surface area contributed by atoms with Crippen molar-refractivity contribution < 1.29 is 23.3 Å². The van der Waals surface area contributed by atoms with E-state index in [9.17, 15) is 4.39 Å². The maximum absolute atomic E-state index is 13.3. The van der Waals surface area contributed by atoms with Crippen molar-refractivity contribution in [2.45, 2.75) is 24.1 Å². The Kier molecular flexibility index (Phi) is 12.1. The van der Waals surface area contributed by atoms with Gasteiger partial charge in [-0.2, -0.15) is 48.7 Å². The molecule has 0 aromatic heterocycles. The molecule has 0 saturated carbocycles. The molecule has 0 bridgehead atoms. The van der Waals surface area contributed by atoms with Crippen molar-refractivity contribution in [3.05, 3.63) is 84.3 Å². The molecule has 4 heteroatoms. The summed E-state index contributed by atoms with van der Waals surface area (Å²) in [6.07, 6.45) is 1.31. The molecule has 2 aromatic rings. The van der Waals surface area contributed by atoms with E-state index in [1.807, 2.05) is 24.3 Å². The van der Waals surface area contributed by atoms with Gasteiger partial charge in [0.1, 0.15) is 5.82 Å². The smallest absolute Gasteiger partial charge is 0.343 e.